The molecular weight excluding hydrogens is 323 g/mol. The van der Waals surface area contributed by atoms with E-state index in [1.807, 2.05) is 0 Å². The largest absolute Gasteiger partial charge is 0.478 e. The Balaban J connectivity index is 2.51. The summed E-state index contributed by atoms with van der Waals surface area (Å²) in [4.78, 5) is 33.7. The van der Waals surface area contributed by atoms with Gasteiger partial charge in [0.25, 0.3) is 5.69 Å². The third-order valence-corrected chi connectivity index (χ3v) is 4.31. The van der Waals surface area contributed by atoms with E-state index in [2.05, 4.69) is 0 Å². The molecule has 1 aromatic carbocycles. The number of amides is 1. The van der Waals surface area contributed by atoms with E-state index in [0.717, 1.165) is 23.1 Å². The van der Waals surface area contributed by atoms with Crippen LogP contribution in [0, 0.1) is 10.1 Å². The van der Waals surface area contributed by atoms with Crippen LogP contribution in [0.2, 0.25) is 0 Å². The minimum atomic E-state index is -4.98. The van der Waals surface area contributed by atoms with Gasteiger partial charge in [-0.1, -0.05) is 0 Å². The Morgan fingerprint density at radius 1 is 1.45 bits per heavy atom. The number of carbonyl (C=O) groups is 2. The molecule has 1 heterocycles. The van der Waals surface area contributed by atoms with Crippen molar-refractivity contribution >= 4 is 33.5 Å². The molecule has 1 atom stereocenters. The first-order valence-corrected chi connectivity index (χ1v) is 7.31. The Labute approximate surface area is 123 Å². The molecule has 9 nitrogen and oxygen atoms in total. The van der Waals surface area contributed by atoms with Gasteiger partial charge < -0.3 is 10.0 Å². The first-order chi connectivity index (χ1) is 10.1. The van der Waals surface area contributed by atoms with Gasteiger partial charge in [0, 0.05) is 25.1 Å². The van der Waals surface area contributed by atoms with E-state index >= 15 is 0 Å². The zero-order chi connectivity index (χ0) is 16.7. The maximum atomic E-state index is 13.0. The molecule has 2 rings (SSSR count). The van der Waals surface area contributed by atoms with Crippen molar-refractivity contribution in [2.24, 2.45) is 0 Å². The highest BCUT2D eigenvalue weighted by molar-refractivity contribution is 7.87. The average Bonchev–Trinajstić information content (AvgIpc) is 2.79. The van der Waals surface area contributed by atoms with Crippen LogP contribution >= 0.6 is 0 Å². The maximum Gasteiger partial charge on any atom is 0.337 e. The highest BCUT2D eigenvalue weighted by Gasteiger charge is 2.40. The first-order valence-electron chi connectivity index (χ1n) is 5.87. The van der Waals surface area contributed by atoms with Crippen LogP contribution in [0.5, 0.6) is 0 Å². The molecule has 1 aromatic rings. The standard InChI is InChI=1S/C11H9FN2O7S/c12-22(20,21)7-4-10(15)13(5-7)9-3-6(14(18)19)1-2-8(9)11(16)17/h1-3,7H,4-5H2,(H,16,17). The van der Waals surface area contributed by atoms with Crippen molar-refractivity contribution in [3.05, 3.63) is 33.9 Å². The predicted octanol–water partition coefficient (Wildman–Crippen LogP) is 0.698. The molecule has 0 aliphatic carbocycles. The zero-order valence-corrected chi connectivity index (χ0v) is 11.6. The average molecular weight is 332 g/mol. The summed E-state index contributed by atoms with van der Waals surface area (Å²) in [6.45, 7) is -0.598. The fourth-order valence-electron chi connectivity index (χ4n) is 2.13. The number of hydrogen-bond donors (Lipinski definition) is 1. The maximum absolute atomic E-state index is 13.0. The Kier molecular flexibility index (Phi) is 3.83. The van der Waals surface area contributed by atoms with Gasteiger partial charge in [-0.2, -0.15) is 8.42 Å². The number of nitro benzene ring substituents is 1. The second kappa shape index (κ2) is 5.33. The summed E-state index contributed by atoms with van der Waals surface area (Å²) in [5, 5.41) is 18.2. The fraction of sp³-hybridized carbons (Fsp3) is 0.273. The van der Waals surface area contributed by atoms with E-state index in [0.29, 0.717) is 0 Å². The lowest BCUT2D eigenvalue weighted by Gasteiger charge is -2.18. The summed E-state index contributed by atoms with van der Waals surface area (Å²) in [5.74, 6) is -2.28. The smallest absolute Gasteiger partial charge is 0.337 e. The molecule has 0 aromatic heterocycles. The molecule has 1 fully saturated rings. The number of aromatic carboxylic acids is 1. The van der Waals surface area contributed by atoms with Crippen LogP contribution in [0.15, 0.2) is 18.2 Å². The summed E-state index contributed by atoms with van der Waals surface area (Å²) < 4.78 is 34.8. The number of hydrogen-bond acceptors (Lipinski definition) is 6. The summed E-state index contributed by atoms with van der Waals surface area (Å²) in [7, 11) is -4.98. The van der Waals surface area contributed by atoms with Gasteiger partial charge in [0.05, 0.1) is 16.2 Å². The van der Waals surface area contributed by atoms with E-state index in [9.17, 15) is 32.0 Å². The summed E-state index contributed by atoms with van der Waals surface area (Å²) >= 11 is 0. The minimum Gasteiger partial charge on any atom is -0.478 e. The van der Waals surface area contributed by atoms with Crippen LogP contribution in [-0.2, 0) is 15.0 Å². The Morgan fingerprint density at radius 3 is 2.55 bits per heavy atom. The van der Waals surface area contributed by atoms with Crippen LogP contribution in [0.25, 0.3) is 0 Å². The lowest BCUT2D eigenvalue weighted by atomic mass is 10.1. The first kappa shape index (κ1) is 15.8. The monoisotopic (exact) mass is 332 g/mol. The number of nitro groups is 1. The van der Waals surface area contributed by atoms with Gasteiger partial charge in [-0.25, -0.2) is 4.79 Å². The van der Waals surface area contributed by atoms with Crippen molar-refractivity contribution in [3.8, 4) is 0 Å². The van der Waals surface area contributed by atoms with Crippen molar-refractivity contribution in [2.45, 2.75) is 11.7 Å². The number of rotatable bonds is 4. The molecule has 22 heavy (non-hydrogen) atoms. The molecule has 1 saturated heterocycles. The lowest BCUT2D eigenvalue weighted by molar-refractivity contribution is -0.384. The molecule has 1 N–H and O–H groups in total. The highest BCUT2D eigenvalue weighted by atomic mass is 32.3. The molecule has 1 unspecified atom stereocenters. The molecule has 118 valence electrons. The van der Waals surface area contributed by atoms with Crippen LogP contribution in [-0.4, -0.2) is 42.1 Å². The number of nitrogens with zero attached hydrogens (tertiary/aromatic N) is 2. The van der Waals surface area contributed by atoms with Crippen LogP contribution in [0.1, 0.15) is 16.8 Å². The van der Waals surface area contributed by atoms with E-state index in [1.165, 1.54) is 0 Å². The normalized spacial score (nSPS) is 18.5. The van der Waals surface area contributed by atoms with E-state index in [-0.39, 0.29) is 5.69 Å². The van der Waals surface area contributed by atoms with Crippen LogP contribution in [0.3, 0.4) is 0 Å². The predicted molar refractivity (Wildman–Crippen MR) is 70.8 cm³/mol. The van der Waals surface area contributed by atoms with Gasteiger partial charge in [0.2, 0.25) is 5.91 Å². The second-order valence-electron chi connectivity index (χ2n) is 4.57. The van der Waals surface area contributed by atoms with Crippen molar-refractivity contribution in [1.29, 1.82) is 0 Å². The summed E-state index contributed by atoms with van der Waals surface area (Å²) in [6, 6.07) is 2.71. The molecule has 0 bridgehead atoms. The zero-order valence-electron chi connectivity index (χ0n) is 10.8. The van der Waals surface area contributed by atoms with Gasteiger partial charge in [-0.05, 0) is 6.07 Å². The summed E-state index contributed by atoms with van der Waals surface area (Å²) in [5.41, 5.74) is -1.23. The third kappa shape index (κ3) is 2.88. The van der Waals surface area contributed by atoms with Gasteiger partial charge in [0.15, 0.2) is 0 Å². The van der Waals surface area contributed by atoms with Crippen molar-refractivity contribution < 1.29 is 31.9 Å². The lowest BCUT2D eigenvalue weighted by Crippen LogP contribution is -2.28. The van der Waals surface area contributed by atoms with Crippen molar-refractivity contribution in [3.63, 3.8) is 0 Å². The third-order valence-electron chi connectivity index (χ3n) is 3.20. The van der Waals surface area contributed by atoms with Crippen molar-refractivity contribution in [1.82, 2.24) is 0 Å². The molecule has 1 aliphatic rings. The number of halogens is 1. The number of anilines is 1. The molecular formula is C11H9FN2O7S. The fourth-order valence-corrected chi connectivity index (χ4v) is 2.80. The quantitative estimate of drug-likeness (QED) is 0.487. The van der Waals surface area contributed by atoms with E-state index < -0.39 is 56.5 Å². The highest BCUT2D eigenvalue weighted by Crippen LogP contribution is 2.31. The van der Waals surface area contributed by atoms with E-state index in [4.69, 9.17) is 5.11 Å². The number of carboxylic acids is 1. The minimum absolute atomic E-state index is 0.335. The van der Waals surface area contributed by atoms with Gasteiger partial charge in [-0.15, -0.1) is 3.89 Å². The Hall–Kier alpha value is -2.56. The molecule has 0 saturated carbocycles. The second-order valence-corrected chi connectivity index (χ2v) is 6.19. The van der Waals surface area contributed by atoms with Gasteiger partial charge >= 0.3 is 16.2 Å². The van der Waals surface area contributed by atoms with Gasteiger partial charge in [0.1, 0.15) is 5.25 Å². The van der Waals surface area contributed by atoms with Crippen LogP contribution in [0.4, 0.5) is 15.3 Å². The molecule has 1 amide bonds. The molecule has 0 spiro atoms. The molecule has 1 aliphatic heterocycles. The van der Waals surface area contributed by atoms with Crippen LogP contribution < -0.4 is 4.90 Å². The number of non-ortho nitro benzene ring substituents is 1. The number of carbonyl (C=O) groups excluding carboxylic acids is 1. The number of carboxylic acid groups (broad SMARTS) is 1. The number of benzene rings is 1. The SMILES string of the molecule is O=C(O)c1ccc([N+](=O)[O-])cc1N1CC(S(=O)(=O)F)CC1=O. The summed E-state index contributed by atoms with van der Waals surface area (Å²) in [6.07, 6.45) is -0.652. The molecule has 0 radical (unpaired) electrons. The topological polar surface area (TPSA) is 135 Å². The molecule has 11 heteroatoms. The van der Waals surface area contributed by atoms with Gasteiger partial charge in [-0.3, -0.25) is 14.9 Å². The Bertz CT molecular complexity index is 777. The van der Waals surface area contributed by atoms with E-state index in [1.54, 1.807) is 0 Å². The van der Waals surface area contributed by atoms with Crippen molar-refractivity contribution in [2.75, 3.05) is 11.4 Å². The Morgan fingerprint density at radius 2 is 2.09 bits per heavy atom.